The third-order valence-corrected chi connectivity index (χ3v) is 1.26. The average molecular weight is 195 g/mol. The number of anilines is 1. The Balaban J connectivity index is 2.80. The summed E-state index contributed by atoms with van der Waals surface area (Å²) in [6.07, 6.45) is 2.69. The Morgan fingerprint density at radius 3 is 2.57 bits per heavy atom. The third kappa shape index (κ3) is 3.01. The summed E-state index contributed by atoms with van der Waals surface area (Å²) in [5, 5.41) is 0. The third-order valence-electron chi connectivity index (χ3n) is 1.26. The number of aromatic nitrogens is 2. The van der Waals surface area contributed by atoms with Gasteiger partial charge in [-0.1, -0.05) is 0 Å². The zero-order valence-corrected chi connectivity index (χ0v) is 8.44. The second kappa shape index (κ2) is 3.61. The predicted octanol–water partition coefficient (Wildman–Crippen LogP) is 1.01. The normalized spacial score (nSPS) is 11.1. The molecule has 0 fully saturated rings. The molecule has 1 heterocycles. The molecule has 1 aromatic heterocycles. The van der Waals surface area contributed by atoms with Crippen molar-refractivity contribution in [2.45, 2.75) is 26.4 Å². The Hall–Kier alpha value is -1.65. The summed E-state index contributed by atoms with van der Waals surface area (Å²) in [4.78, 5) is 19.0. The molecule has 76 valence electrons. The van der Waals surface area contributed by atoms with Crippen LogP contribution in [0.4, 0.5) is 5.82 Å². The minimum atomic E-state index is -0.538. The van der Waals surface area contributed by atoms with Crippen molar-refractivity contribution in [3.05, 3.63) is 18.1 Å². The van der Waals surface area contributed by atoms with Crippen molar-refractivity contribution in [2.75, 3.05) is 5.73 Å². The minimum Gasteiger partial charge on any atom is -0.455 e. The second-order valence-corrected chi connectivity index (χ2v) is 3.83. The molecule has 0 aliphatic rings. The van der Waals surface area contributed by atoms with Crippen molar-refractivity contribution < 1.29 is 9.53 Å². The number of nitrogens with two attached hydrogens (primary N) is 1. The standard InChI is InChI=1S/C9H13N3O2/c1-9(2,3)14-8(13)6-4-11-5-7(10)12-6/h4-5H,1-3H3,(H2,10,12). The number of ether oxygens (including phenoxy) is 1. The molecular weight excluding hydrogens is 182 g/mol. The SMILES string of the molecule is CC(C)(C)OC(=O)c1cncc(N)n1. The smallest absolute Gasteiger partial charge is 0.359 e. The monoisotopic (exact) mass is 195 g/mol. The Labute approximate surface area is 82.3 Å². The quantitative estimate of drug-likeness (QED) is 0.677. The maximum absolute atomic E-state index is 11.4. The number of rotatable bonds is 1. The average Bonchev–Trinajstić information content (AvgIpc) is 2.01. The van der Waals surface area contributed by atoms with E-state index in [1.807, 2.05) is 0 Å². The van der Waals surface area contributed by atoms with Crippen molar-refractivity contribution in [3.63, 3.8) is 0 Å². The number of nitrogens with zero attached hydrogens (tertiary/aromatic N) is 2. The van der Waals surface area contributed by atoms with Gasteiger partial charge in [0.15, 0.2) is 5.69 Å². The van der Waals surface area contributed by atoms with E-state index in [-0.39, 0.29) is 11.5 Å². The van der Waals surface area contributed by atoms with Crippen LogP contribution in [-0.2, 0) is 4.74 Å². The number of esters is 1. The van der Waals surface area contributed by atoms with E-state index in [0.29, 0.717) is 0 Å². The lowest BCUT2D eigenvalue weighted by Gasteiger charge is -2.18. The number of hydrogen-bond donors (Lipinski definition) is 1. The van der Waals surface area contributed by atoms with Crippen molar-refractivity contribution >= 4 is 11.8 Å². The van der Waals surface area contributed by atoms with Gasteiger partial charge in [-0.05, 0) is 20.8 Å². The highest BCUT2D eigenvalue weighted by Crippen LogP contribution is 2.10. The van der Waals surface area contributed by atoms with E-state index in [1.54, 1.807) is 20.8 Å². The van der Waals surface area contributed by atoms with Crippen LogP contribution in [0, 0.1) is 0 Å². The minimum absolute atomic E-state index is 0.125. The molecule has 0 aliphatic carbocycles. The molecule has 0 radical (unpaired) electrons. The maximum atomic E-state index is 11.4. The van der Waals surface area contributed by atoms with Crippen LogP contribution < -0.4 is 5.73 Å². The van der Waals surface area contributed by atoms with Crippen LogP contribution in [0.1, 0.15) is 31.3 Å². The van der Waals surface area contributed by atoms with E-state index in [9.17, 15) is 4.79 Å². The number of carbonyl (C=O) groups excluding carboxylic acids is 1. The molecule has 2 N–H and O–H groups in total. The lowest BCUT2D eigenvalue weighted by molar-refractivity contribution is 0.00625. The van der Waals surface area contributed by atoms with Crippen molar-refractivity contribution in [1.29, 1.82) is 0 Å². The van der Waals surface area contributed by atoms with Gasteiger partial charge in [-0.25, -0.2) is 9.78 Å². The van der Waals surface area contributed by atoms with Gasteiger partial charge in [-0.3, -0.25) is 4.98 Å². The van der Waals surface area contributed by atoms with Gasteiger partial charge in [0, 0.05) is 0 Å². The summed E-state index contributed by atoms with van der Waals surface area (Å²) in [6, 6.07) is 0. The highest BCUT2D eigenvalue weighted by atomic mass is 16.6. The topological polar surface area (TPSA) is 78.1 Å². The van der Waals surface area contributed by atoms with Crippen molar-refractivity contribution in [2.24, 2.45) is 0 Å². The molecule has 5 nitrogen and oxygen atoms in total. The molecule has 0 saturated heterocycles. The van der Waals surface area contributed by atoms with Crippen LogP contribution in [0.3, 0.4) is 0 Å². The highest BCUT2D eigenvalue weighted by Gasteiger charge is 2.19. The van der Waals surface area contributed by atoms with Crippen molar-refractivity contribution in [3.8, 4) is 0 Å². The summed E-state index contributed by atoms with van der Waals surface area (Å²) in [5.41, 5.74) is 4.97. The fraction of sp³-hybridized carbons (Fsp3) is 0.444. The summed E-state index contributed by atoms with van der Waals surface area (Å²) in [7, 11) is 0. The lowest BCUT2D eigenvalue weighted by atomic mass is 10.2. The molecule has 1 aromatic rings. The van der Waals surface area contributed by atoms with Crippen LogP contribution in [0.15, 0.2) is 12.4 Å². The highest BCUT2D eigenvalue weighted by molar-refractivity contribution is 5.87. The second-order valence-electron chi connectivity index (χ2n) is 3.83. The molecule has 14 heavy (non-hydrogen) atoms. The van der Waals surface area contributed by atoms with Gasteiger partial charge >= 0.3 is 5.97 Å². The zero-order valence-electron chi connectivity index (χ0n) is 8.44. The van der Waals surface area contributed by atoms with Gasteiger partial charge in [0.05, 0.1) is 12.4 Å². The van der Waals surface area contributed by atoms with Gasteiger partial charge in [-0.15, -0.1) is 0 Å². The van der Waals surface area contributed by atoms with Gasteiger partial charge < -0.3 is 10.5 Å². The lowest BCUT2D eigenvalue weighted by Crippen LogP contribution is -2.24. The summed E-state index contributed by atoms with van der Waals surface area (Å²) in [5.74, 6) is -0.314. The van der Waals surface area contributed by atoms with Crippen LogP contribution in [-0.4, -0.2) is 21.5 Å². The van der Waals surface area contributed by atoms with Crippen molar-refractivity contribution in [1.82, 2.24) is 9.97 Å². The molecule has 0 aliphatic heterocycles. The molecule has 0 amide bonds. The van der Waals surface area contributed by atoms with E-state index >= 15 is 0 Å². The van der Waals surface area contributed by atoms with E-state index in [4.69, 9.17) is 10.5 Å². The van der Waals surface area contributed by atoms with E-state index in [1.165, 1.54) is 12.4 Å². The van der Waals surface area contributed by atoms with Gasteiger partial charge in [0.2, 0.25) is 0 Å². The summed E-state index contributed by atoms with van der Waals surface area (Å²) < 4.78 is 5.08. The first kappa shape index (κ1) is 10.4. The molecule has 0 bridgehead atoms. The van der Waals surface area contributed by atoms with E-state index in [0.717, 1.165) is 0 Å². The molecule has 0 spiro atoms. The van der Waals surface area contributed by atoms with Crippen LogP contribution >= 0.6 is 0 Å². The predicted molar refractivity (Wildman–Crippen MR) is 51.6 cm³/mol. The van der Waals surface area contributed by atoms with Gasteiger partial charge in [0.25, 0.3) is 0 Å². The number of hydrogen-bond acceptors (Lipinski definition) is 5. The molecule has 5 heteroatoms. The number of carbonyl (C=O) groups is 1. The molecule has 0 aromatic carbocycles. The van der Waals surface area contributed by atoms with Crippen LogP contribution in [0.25, 0.3) is 0 Å². The summed E-state index contributed by atoms with van der Waals surface area (Å²) >= 11 is 0. The molecule has 0 atom stereocenters. The molecular formula is C9H13N3O2. The van der Waals surface area contributed by atoms with E-state index in [2.05, 4.69) is 9.97 Å². The van der Waals surface area contributed by atoms with Crippen LogP contribution in [0.2, 0.25) is 0 Å². The fourth-order valence-electron chi connectivity index (χ4n) is 0.810. The number of nitrogen functional groups attached to an aromatic ring is 1. The zero-order chi connectivity index (χ0) is 10.8. The van der Waals surface area contributed by atoms with Crippen LogP contribution in [0.5, 0.6) is 0 Å². The summed E-state index contributed by atoms with van der Waals surface area (Å²) in [6.45, 7) is 5.35. The first-order valence-corrected chi connectivity index (χ1v) is 4.19. The Kier molecular flexibility index (Phi) is 2.69. The largest absolute Gasteiger partial charge is 0.455 e. The fourth-order valence-corrected chi connectivity index (χ4v) is 0.810. The Bertz CT molecular complexity index is 344. The molecule has 0 saturated carbocycles. The first-order valence-electron chi connectivity index (χ1n) is 4.19. The Morgan fingerprint density at radius 1 is 1.43 bits per heavy atom. The molecule has 1 rings (SSSR count). The van der Waals surface area contributed by atoms with Gasteiger partial charge in [0.1, 0.15) is 11.4 Å². The van der Waals surface area contributed by atoms with Gasteiger partial charge in [-0.2, -0.15) is 0 Å². The maximum Gasteiger partial charge on any atom is 0.359 e. The van der Waals surface area contributed by atoms with E-state index < -0.39 is 11.6 Å². The molecule has 0 unspecified atom stereocenters. The first-order chi connectivity index (χ1) is 6.38. The Morgan fingerprint density at radius 2 is 2.07 bits per heavy atom.